The van der Waals surface area contributed by atoms with E-state index in [1.165, 1.54) is 17.7 Å². The third-order valence-electron chi connectivity index (χ3n) is 4.40. The van der Waals surface area contributed by atoms with Crippen LogP contribution in [0.25, 0.3) is 0 Å². The zero-order valence-electron chi connectivity index (χ0n) is 13.6. The smallest absolute Gasteiger partial charge is 0.324 e. The van der Waals surface area contributed by atoms with Gasteiger partial charge in [-0.2, -0.15) is 0 Å². The van der Waals surface area contributed by atoms with E-state index < -0.39 is 5.54 Å². The van der Waals surface area contributed by atoms with Gasteiger partial charge in [-0.05, 0) is 47.1 Å². The molecule has 1 atom stereocenters. The molecule has 6 heteroatoms. The van der Waals surface area contributed by atoms with Crippen LogP contribution in [0.15, 0.2) is 0 Å². The van der Waals surface area contributed by atoms with Gasteiger partial charge >= 0.3 is 6.03 Å². The molecule has 2 heterocycles. The molecule has 2 aliphatic rings. The van der Waals surface area contributed by atoms with E-state index in [-0.39, 0.29) is 11.9 Å². The van der Waals surface area contributed by atoms with Crippen LogP contribution in [0.2, 0.25) is 0 Å². The van der Waals surface area contributed by atoms with Crippen molar-refractivity contribution in [3.63, 3.8) is 0 Å². The zero-order valence-corrected chi connectivity index (χ0v) is 13.6. The predicted octanol–water partition coefficient (Wildman–Crippen LogP) is 0.779. The minimum Gasteiger partial charge on any atom is -0.324 e. The van der Waals surface area contributed by atoms with Gasteiger partial charge in [-0.3, -0.25) is 14.6 Å². The highest BCUT2D eigenvalue weighted by Crippen LogP contribution is 2.17. The number of nitrogens with one attached hydrogen (secondary N) is 2. The lowest BCUT2D eigenvalue weighted by molar-refractivity contribution is -0.130. The number of carbonyl (C=O) groups is 2. The normalized spacial score (nSPS) is 25.2. The molecule has 0 aromatic heterocycles. The number of hydrogen-bond acceptors (Lipinski definition) is 4. The number of nitrogens with zero attached hydrogens (tertiary/aromatic N) is 2. The van der Waals surface area contributed by atoms with Gasteiger partial charge in [0.05, 0.1) is 0 Å². The van der Waals surface area contributed by atoms with Gasteiger partial charge in [0.15, 0.2) is 0 Å². The molecule has 2 N–H and O–H groups in total. The van der Waals surface area contributed by atoms with Gasteiger partial charge in [0.2, 0.25) is 0 Å². The summed E-state index contributed by atoms with van der Waals surface area (Å²) in [5.74, 6) is -0.129. The highest BCUT2D eigenvalue weighted by Gasteiger charge is 2.44. The van der Waals surface area contributed by atoms with Crippen LogP contribution in [0.5, 0.6) is 0 Å². The molecule has 2 rings (SSSR count). The van der Waals surface area contributed by atoms with Gasteiger partial charge in [0, 0.05) is 31.7 Å². The number of imide groups is 1. The summed E-state index contributed by atoms with van der Waals surface area (Å²) in [7, 11) is 0. The highest BCUT2D eigenvalue weighted by atomic mass is 16.2. The first-order chi connectivity index (χ1) is 9.81. The topological polar surface area (TPSA) is 64.7 Å². The molecule has 0 aliphatic carbocycles. The molecule has 0 spiro atoms. The van der Waals surface area contributed by atoms with E-state index in [1.807, 2.05) is 0 Å². The fourth-order valence-electron chi connectivity index (χ4n) is 3.01. The SMILES string of the molecule is CC(C)N(CCN1C(=O)NC(C)(C)C1=O)CC1CCCN1. The number of hydrogen-bond donors (Lipinski definition) is 2. The minimum atomic E-state index is -0.771. The summed E-state index contributed by atoms with van der Waals surface area (Å²) in [6, 6.07) is 0.667. The lowest BCUT2D eigenvalue weighted by atomic mass is 10.1. The van der Waals surface area contributed by atoms with Crippen LogP contribution in [0.4, 0.5) is 4.79 Å². The fourth-order valence-corrected chi connectivity index (χ4v) is 3.01. The summed E-state index contributed by atoms with van der Waals surface area (Å²) in [6.07, 6.45) is 2.44. The van der Waals surface area contributed by atoms with Crippen LogP contribution in [0.3, 0.4) is 0 Å². The number of urea groups is 1. The molecule has 2 aliphatic heterocycles. The first kappa shape index (κ1) is 16.2. The third kappa shape index (κ3) is 3.74. The van der Waals surface area contributed by atoms with Gasteiger partial charge in [0.1, 0.15) is 5.54 Å². The Kier molecular flexibility index (Phi) is 4.88. The van der Waals surface area contributed by atoms with Crippen LogP contribution in [0.1, 0.15) is 40.5 Å². The molecule has 1 unspecified atom stereocenters. The summed E-state index contributed by atoms with van der Waals surface area (Å²) in [6.45, 7) is 11.1. The van der Waals surface area contributed by atoms with Crippen molar-refractivity contribution in [1.29, 1.82) is 0 Å². The van der Waals surface area contributed by atoms with Crippen molar-refractivity contribution >= 4 is 11.9 Å². The van der Waals surface area contributed by atoms with E-state index in [0.717, 1.165) is 19.6 Å². The van der Waals surface area contributed by atoms with E-state index >= 15 is 0 Å². The monoisotopic (exact) mass is 296 g/mol. The van der Waals surface area contributed by atoms with Gasteiger partial charge in [-0.25, -0.2) is 4.79 Å². The zero-order chi connectivity index (χ0) is 15.6. The maximum Gasteiger partial charge on any atom is 0.325 e. The van der Waals surface area contributed by atoms with Crippen molar-refractivity contribution in [3.8, 4) is 0 Å². The summed E-state index contributed by atoms with van der Waals surface area (Å²) < 4.78 is 0. The molecule has 0 bridgehead atoms. The molecule has 120 valence electrons. The molecule has 0 saturated carbocycles. The Morgan fingerprint density at radius 1 is 1.38 bits per heavy atom. The van der Waals surface area contributed by atoms with Crippen LogP contribution in [-0.2, 0) is 4.79 Å². The quantitative estimate of drug-likeness (QED) is 0.711. The highest BCUT2D eigenvalue weighted by molar-refractivity contribution is 6.06. The van der Waals surface area contributed by atoms with E-state index in [0.29, 0.717) is 18.6 Å². The molecular formula is C15H28N4O2. The second-order valence-electron chi connectivity index (χ2n) is 6.89. The Morgan fingerprint density at radius 3 is 2.57 bits per heavy atom. The summed E-state index contributed by atoms with van der Waals surface area (Å²) >= 11 is 0. The lowest BCUT2D eigenvalue weighted by Gasteiger charge is -2.30. The number of amides is 3. The van der Waals surface area contributed by atoms with E-state index in [9.17, 15) is 9.59 Å². The average Bonchev–Trinajstić information content (AvgIpc) is 2.94. The average molecular weight is 296 g/mol. The Labute approximate surface area is 127 Å². The van der Waals surface area contributed by atoms with Crippen molar-refractivity contribution in [2.45, 2.75) is 58.2 Å². The fraction of sp³-hybridized carbons (Fsp3) is 0.867. The maximum atomic E-state index is 12.2. The van der Waals surface area contributed by atoms with E-state index in [2.05, 4.69) is 29.4 Å². The standard InChI is InChI=1S/C15H28N4O2/c1-11(2)18(10-12-6-5-7-16-12)8-9-19-13(20)15(3,4)17-14(19)21/h11-12,16H,5-10H2,1-4H3,(H,17,21). The van der Waals surface area contributed by atoms with E-state index in [1.54, 1.807) is 13.8 Å². The molecule has 0 aromatic rings. The number of rotatable bonds is 6. The van der Waals surface area contributed by atoms with Gasteiger partial charge in [0.25, 0.3) is 5.91 Å². The lowest BCUT2D eigenvalue weighted by Crippen LogP contribution is -2.46. The summed E-state index contributed by atoms with van der Waals surface area (Å²) in [4.78, 5) is 27.8. The Balaban J connectivity index is 1.89. The molecule has 21 heavy (non-hydrogen) atoms. The first-order valence-electron chi connectivity index (χ1n) is 7.93. The second-order valence-corrected chi connectivity index (χ2v) is 6.89. The maximum absolute atomic E-state index is 12.2. The van der Waals surface area contributed by atoms with Crippen molar-refractivity contribution in [2.24, 2.45) is 0 Å². The Bertz CT molecular complexity index is 402. The van der Waals surface area contributed by atoms with Crippen molar-refractivity contribution in [1.82, 2.24) is 20.4 Å². The van der Waals surface area contributed by atoms with Crippen LogP contribution in [-0.4, -0.2) is 65.5 Å². The van der Waals surface area contributed by atoms with Gasteiger partial charge < -0.3 is 10.6 Å². The van der Waals surface area contributed by atoms with Gasteiger partial charge in [-0.15, -0.1) is 0 Å². The van der Waals surface area contributed by atoms with Crippen LogP contribution < -0.4 is 10.6 Å². The Morgan fingerprint density at radius 2 is 2.10 bits per heavy atom. The minimum absolute atomic E-state index is 0.129. The summed E-state index contributed by atoms with van der Waals surface area (Å²) in [5, 5.41) is 6.22. The molecule has 2 fully saturated rings. The van der Waals surface area contributed by atoms with Crippen molar-refractivity contribution in [3.05, 3.63) is 0 Å². The van der Waals surface area contributed by atoms with Crippen molar-refractivity contribution in [2.75, 3.05) is 26.2 Å². The molecule has 2 saturated heterocycles. The largest absolute Gasteiger partial charge is 0.325 e. The van der Waals surface area contributed by atoms with Crippen molar-refractivity contribution < 1.29 is 9.59 Å². The number of carbonyl (C=O) groups excluding carboxylic acids is 2. The predicted molar refractivity (Wildman–Crippen MR) is 82.1 cm³/mol. The molecule has 3 amide bonds. The van der Waals surface area contributed by atoms with Gasteiger partial charge in [-0.1, -0.05) is 0 Å². The van der Waals surface area contributed by atoms with E-state index in [4.69, 9.17) is 0 Å². The molecule has 0 aromatic carbocycles. The third-order valence-corrected chi connectivity index (χ3v) is 4.40. The molecule has 6 nitrogen and oxygen atoms in total. The first-order valence-corrected chi connectivity index (χ1v) is 7.93. The summed E-state index contributed by atoms with van der Waals surface area (Å²) in [5.41, 5.74) is -0.771. The Hall–Kier alpha value is -1.14. The molecular weight excluding hydrogens is 268 g/mol. The van der Waals surface area contributed by atoms with Crippen LogP contribution in [0, 0.1) is 0 Å². The second kappa shape index (κ2) is 6.32. The molecule has 0 radical (unpaired) electrons. The van der Waals surface area contributed by atoms with Crippen LogP contribution >= 0.6 is 0 Å².